The minimum atomic E-state index is -1.32. The van der Waals surface area contributed by atoms with Crippen molar-refractivity contribution in [3.05, 3.63) is 250 Å². The molecule has 0 amide bonds. The number of hydrogen-bond donors (Lipinski definition) is 6. The average molecular weight is 2150 g/mol. The fourth-order valence-electron chi connectivity index (χ4n) is 14.7. The van der Waals surface area contributed by atoms with E-state index in [1.807, 2.05) is 72.4 Å². The van der Waals surface area contributed by atoms with Crippen molar-refractivity contribution in [1.82, 2.24) is 84.3 Å². The van der Waals surface area contributed by atoms with Crippen molar-refractivity contribution in [2.24, 2.45) is 7.05 Å². The van der Waals surface area contributed by atoms with Gasteiger partial charge in [-0.3, -0.25) is 46.0 Å². The monoisotopic (exact) mass is 2150 g/mol. The van der Waals surface area contributed by atoms with E-state index in [0.717, 1.165) is 54.9 Å². The Bertz CT molecular complexity index is 7650. The summed E-state index contributed by atoms with van der Waals surface area (Å²) in [6.45, 7) is 2.19. The van der Waals surface area contributed by atoms with Crippen LogP contribution in [0, 0.1) is 17.5 Å². The van der Waals surface area contributed by atoms with Crippen molar-refractivity contribution in [2.45, 2.75) is 33.9 Å². The second-order valence-electron chi connectivity index (χ2n) is 31.6. The second-order valence-corrected chi connectivity index (χ2v) is 45.4. The van der Waals surface area contributed by atoms with Crippen LogP contribution >= 0.6 is 56.7 Å². The maximum atomic E-state index is 13.5. The van der Waals surface area contributed by atoms with Crippen molar-refractivity contribution in [2.75, 3.05) is 132 Å². The van der Waals surface area contributed by atoms with Gasteiger partial charge < -0.3 is 62.7 Å². The summed E-state index contributed by atoms with van der Waals surface area (Å²) >= 11 is 6.54. The number of aryl methyl sites for hydroxylation is 1. The van der Waals surface area contributed by atoms with E-state index >= 15 is 0 Å². The van der Waals surface area contributed by atoms with Crippen LogP contribution in [-0.4, -0.2) is 203 Å². The molecule has 20 aromatic rings. The van der Waals surface area contributed by atoms with Crippen molar-refractivity contribution < 1.29 is 57.9 Å². The van der Waals surface area contributed by atoms with Crippen LogP contribution in [0.2, 0.25) is 0 Å². The van der Waals surface area contributed by atoms with E-state index in [9.17, 15) is 34.2 Å². The van der Waals surface area contributed by atoms with Crippen molar-refractivity contribution in [3.8, 4) is 113 Å². The zero-order valence-corrected chi connectivity index (χ0v) is 87.0. The number of ether oxygens (including phenoxy) is 5. The van der Waals surface area contributed by atoms with E-state index in [1.165, 1.54) is 93.1 Å². The van der Waals surface area contributed by atoms with Crippen molar-refractivity contribution in [3.63, 3.8) is 0 Å². The van der Waals surface area contributed by atoms with Crippen LogP contribution in [-0.2, 0) is 84.7 Å². The standard InChI is InChI=1S/C21H21N5O2S2.3C20H17FN4O2S2.C19H20N6O2S2/c1-28-8-3-9-30(27)21-19(23)18-15(13-4-2-7-24-11-13)10-16(26-20(18)29-21)14-5-6-17(22)25-12-14;3*1-27-9-10-29(26)20-16(22)15-17(12-4-6-14(21)7-5-12)24-18(25-19(15)28-20)13-3-2-8-23-11-13;1-25-10-13(22-11-25)16-14-15(20)19(29(26)8-4-7-27-2)28-18(14)24-17(23-16)12-5-3-6-21-9-12/h2,4-7,10-12H,3,8-9,23H2,1H3,(H2,22,25);3*2-8,11H,9-10,22H2,1H3;3,5-6,9-11H,4,7-8,20H2,1-2H3/t;2*29-;;/m.10../s1. The van der Waals surface area contributed by atoms with E-state index in [1.54, 1.807) is 171 Å². The van der Waals surface area contributed by atoms with Crippen LogP contribution < -0.4 is 34.4 Å². The fourth-order valence-corrected chi connectivity index (χ4v) is 27.5. The Hall–Kier alpha value is -13.8. The Morgan fingerprint density at radius 2 is 0.603 bits per heavy atom. The van der Waals surface area contributed by atoms with Crippen LogP contribution in [0.3, 0.4) is 0 Å². The first-order valence-corrected chi connectivity index (χ1v) is 55.1. The van der Waals surface area contributed by atoms with Crippen LogP contribution in [0.4, 0.5) is 47.4 Å². The van der Waals surface area contributed by atoms with Gasteiger partial charge >= 0.3 is 0 Å². The molecular weight excluding hydrogens is 2060 g/mol. The highest BCUT2D eigenvalue weighted by Crippen LogP contribution is 2.48. The van der Waals surface area contributed by atoms with Crippen LogP contribution in [0.25, 0.3) is 164 Å². The van der Waals surface area contributed by atoms with E-state index in [4.69, 9.17) is 88.0 Å². The largest absolute Gasteiger partial charge is 0.396 e. The molecule has 146 heavy (non-hydrogen) atoms. The van der Waals surface area contributed by atoms with Crippen LogP contribution in [0.5, 0.6) is 0 Å². The Balaban J connectivity index is 0.000000131. The predicted octanol–water partition coefficient (Wildman–Crippen LogP) is 18.3. The first-order chi connectivity index (χ1) is 70.9. The highest BCUT2D eigenvalue weighted by molar-refractivity contribution is 7.89. The summed E-state index contributed by atoms with van der Waals surface area (Å²) in [5.74, 6) is 3.34. The SMILES string of the molecule is COCCCS(=O)c1sc2nc(-c3ccc(N)nc3)cc(-c3cccnc3)c2c1N.COCCCS(=O)c1sc2nc(-c3cccnc3)nc(-c3cn(C)cn3)c2c1N.COCCS(=O)c1sc2nc(-c3cccnc3)nc(-c3ccc(F)cc3)c2c1N.COCC[S@@](=O)c1sc2nc(-c3cccnc3)nc(-c3ccc(F)cc3)c2c1N.COCC[S@](=O)c1sc2nc(-c3cccnc3)nc(-c3ccc(F)cc3)c2c1N. The predicted molar refractivity (Wildman–Crippen MR) is 579 cm³/mol. The number of pyridine rings is 7. The molecule has 0 aliphatic carbocycles. The number of anilines is 6. The van der Waals surface area contributed by atoms with Gasteiger partial charge in [0.2, 0.25) is 0 Å². The summed E-state index contributed by atoms with van der Waals surface area (Å²) in [6, 6.07) is 42.2. The Labute approximate surface area is 866 Å². The first kappa shape index (κ1) is 105. The van der Waals surface area contributed by atoms with E-state index in [-0.39, 0.29) is 17.5 Å². The highest BCUT2D eigenvalue weighted by atomic mass is 32.2. The third-order valence-corrected chi connectivity index (χ3v) is 36.3. The highest BCUT2D eigenvalue weighted by Gasteiger charge is 2.30. The molecule has 12 N–H and O–H groups in total. The summed E-state index contributed by atoms with van der Waals surface area (Å²) in [5.41, 5.74) is 51.4. The summed E-state index contributed by atoms with van der Waals surface area (Å²) in [5, 5.41) is 3.35. The molecule has 0 aliphatic rings. The Kier molecular flexibility index (Phi) is 35.5. The number of benzene rings is 3. The number of methoxy groups -OCH3 is 5. The molecular formula is C100H92F3N23O10S10. The number of fused-ring (bicyclic) bond motifs is 5. The maximum absolute atomic E-state index is 13.5. The normalized spacial score (nSPS) is 12.4. The van der Waals surface area contributed by atoms with Gasteiger partial charge in [-0.2, -0.15) is 0 Å². The van der Waals surface area contributed by atoms with Gasteiger partial charge in [0.05, 0.1) is 170 Å². The lowest BCUT2D eigenvalue weighted by molar-refractivity contribution is 0.200. The summed E-state index contributed by atoms with van der Waals surface area (Å²) in [4.78, 5) is 74.9. The van der Waals surface area contributed by atoms with Gasteiger partial charge in [-0.15, -0.1) is 56.7 Å². The zero-order chi connectivity index (χ0) is 103. The van der Waals surface area contributed by atoms with Gasteiger partial charge in [-0.25, -0.2) is 68.0 Å². The minimum Gasteiger partial charge on any atom is -0.396 e. The molecule has 0 spiro atoms. The number of nitrogen functional groups attached to an aromatic ring is 6. The quantitative estimate of drug-likeness (QED) is 0.0213. The molecule has 0 aliphatic heterocycles. The van der Waals surface area contributed by atoms with Crippen LogP contribution in [0.1, 0.15) is 12.8 Å². The molecule has 33 nitrogen and oxygen atoms in total. The first-order valence-electron chi connectivity index (χ1n) is 44.4. The molecule has 3 aromatic carbocycles. The van der Waals surface area contributed by atoms with Crippen molar-refractivity contribution in [1.29, 1.82) is 0 Å². The number of halogens is 3. The molecule has 0 saturated heterocycles. The van der Waals surface area contributed by atoms with Crippen molar-refractivity contribution >= 4 is 196 Å². The zero-order valence-electron chi connectivity index (χ0n) is 78.8. The number of thiophene rings is 5. The number of aromatic nitrogens is 17. The van der Waals surface area contributed by atoms with Gasteiger partial charge in [-0.1, -0.05) is 6.07 Å². The lowest BCUT2D eigenvalue weighted by Crippen LogP contribution is -2.04. The van der Waals surface area contributed by atoms with E-state index in [2.05, 4.69) is 49.8 Å². The molecule has 748 valence electrons. The van der Waals surface area contributed by atoms with E-state index in [0.29, 0.717) is 239 Å². The summed E-state index contributed by atoms with van der Waals surface area (Å²) in [7, 11) is 3.43. The smallest absolute Gasteiger partial charge is 0.163 e. The third-order valence-electron chi connectivity index (χ3n) is 21.7. The lowest BCUT2D eigenvalue weighted by Gasteiger charge is -2.08. The van der Waals surface area contributed by atoms with Crippen LogP contribution in [0.15, 0.2) is 253 Å². The number of rotatable bonds is 32. The molecule has 0 fully saturated rings. The number of nitrogens with zero attached hydrogens (tertiary/aromatic N) is 17. The van der Waals surface area contributed by atoms with Gasteiger partial charge in [0.15, 0.2) is 23.3 Å². The van der Waals surface area contributed by atoms with E-state index < -0.39 is 54.0 Å². The molecule has 5 atom stereocenters. The molecule has 0 radical (unpaired) electrons. The van der Waals surface area contributed by atoms with Gasteiger partial charge in [0, 0.05) is 197 Å². The van der Waals surface area contributed by atoms with Gasteiger partial charge in [0.25, 0.3) is 0 Å². The number of nitrogens with two attached hydrogens (primary N) is 6. The maximum Gasteiger partial charge on any atom is 0.163 e. The molecule has 17 heterocycles. The Morgan fingerprint density at radius 3 is 0.897 bits per heavy atom. The number of hydrogen-bond acceptors (Lipinski definition) is 37. The molecule has 0 bridgehead atoms. The molecule has 46 heteroatoms. The third kappa shape index (κ3) is 24.6. The number of imidazole rings is 1. The lowest BCUT2D eigenvalue weighted by atomic mass is 10.0. The molecule has 3 unspecified atom stereocenters. The fraction of sp³-hybridized carbons (Fsp3) is 0.180. The average Bonchev–Trinajstić information content (AvgIpc) is 1.62. The topological polar surface area (TPSA) is 499 Å². The van der Waals surface area contributed by atoms with Gasteiger partial charge in [0.1, 0.15) is 79.9 Å². The minimum absolute atomic E-state index is 0.336. The summed E-state index contributed by atoms with van der Waals surface area (Å²) < 4.78 is 134. The molecule has 17 aromatic heterocycles. The molecule has 0 saturated carbocycles. The summed E-state index contributed by atoms with van der Waals surface area (Å²) in [6.07, 6.45) is 23.6. The Morgan fingerprint density at radius 1 is 0.308 bits per heavy atom. The second kappa shape index (κ2) is 49.4. The molecule has 20 rings (SSSR count). The van der Waals surface area contributed by atoms with Gasteiger partial charge in [-0.05, 0) is 164 Å².